The van der Waals surface area contributed by atoms with Crippen LogP contribution in [0.5, 0.6) is 11.5 Å². The van der Waals surface area contributed by atoms with Gasteiger partial charge < -0.3 is 24.1 Å². The van der Waals surface area contributed by atoms with E-state index in [0.717, 1.165) is 17.1 Å². The number of nitrogens with one attached hydrogen (secondary N) is 1. The van der Waals surface area contributed by atoms with Crippen LogP contribution in [0.15, 0.2) is 22.7 Å². The maximum absolute atomic E-state index is 12.1. The fraction of sp³-hybridized carbons (Fsp3) is 0.368. The summed E-state index contributed by atoms with van der Waals surface area (Å²) in [5.74, 6) is 1.91. The Morgan fingerprint density at radius 3 is 2.75 bits per heavy atom. The van der Waals surface area contributed by atoms with Crippen molar-refractivity contribution in [1.82, 2.24) is 15.1 Å². The highest BCUT2D eigenvalue weighted by molar-refractivity contribution is 6.04. The van der Waals surface area contributed by atoms with E-state index in [9.17, 15) is 4.79 Å². The highest BCUT2D eigenvalue weighted by atomic mass is 16.5. The van der Waals surface area contributed by atoms with Crippen LogP contribution in [0.1, 0.15) is 28.8 Å². The molecule has 28 heavy (non-hydrogen) atoms. The number of anilines is 1. The molecule has 9 heteroatoms. The summed E-state index contributed by atoms with van der Waals surface area (Å²) in [5.41, 5.74) is 1.27. The quantitative estimate of drug-likeness (QED) is 0.584. The van der Waals surface area contributed by atoms with E-state index in [0.29, 0.717) is 30.0 Å². The molecule has 0 aliphatic carbocycles. The Balaban J connectivity index is 1.85. The molecule has 9 nitrogen and oxygen atoms in total. The van der Waals surface area contributed by atoms with E-state index in [4.69, 9.17) is 18.7 Å². The van der Waals surface area contributed by atoms with Crippen molar-refractivity contribution in [2.24, 2.45) is 0 Å². The average Bonchev–Trinajstić information content (AvgIpc) is 3.12. The molecule has 3 rings (SSSR count). The van der Waals surface area contributed by atoms with Crippen LogP contribution in [0.3, 0.4) is 0 Å². The lowest BCUT2D eigenvalue weighted by atomic mass is 10.1. The smallest absolute Gasteiger partial charge is 0.361 e. The van der Waals surface area contributed by atoms with Gasteiger partial charge in [-0.25, -0.2) is 9.78 Å². The van der Waals surface area contributed by atoms with Crippen molar-refractivity contribution in [3.63, 3.8) is 0 Å². The van der Waals surface area contributed by atoms with Crippen molar-refractivity contribution >= 4 is 22.9 Å². The molecule has 0 unspecified atom stereocenters. The van der Waals surface area contributed by atoms with Gasteiger partial charge in [0, 0.05) is 6.54 Å². The Labute approximate surface area is 162 Å². The first-order valence-electron chi connectivity index (χ1n) is 8.83. The molecule has 0 saturated heterocycles. The molecule has 0 spiro atoms. The number of hydrogen-bond donors (Lipinski definition) is 1. The van der Waals surface area contributed by atoms with Gasteiger partial charge in [0.1, 0.15) is 28.5 Å². The minimum atomic E-state index is -0.578. The monoisotopic (exact) mass is 386 g/mol. The van der Waals surface area contributed by atoms with Crippen LogP contribution < -0.4 is 14.8 Å². The van der Waals surface area contributed by atoms with Crippen molar-refractivity contribution < 1.29 is 23.5 Å². The third-order valence-electron chi connectivity index (χ3n) is 4.09. The Bertz CT molecular complexity index is 986. The van der Waals surface area contributed by atoms with E-state index in [1.807, 2.05) is 18.2 Å². The molecular weight excluding hydrogens is 364 g/mol. The van der Waals surface area contributed by atoms with Crippen molar-refractivity contribution in [3.8, 4) is 11.5 Å². The van der Waals surface area contributed by atoms with E-state index in [-0.39, 0.29) is 18.0 Å². The van der Waals surface area contributed by atoms with Gasteiger partial charge in [0.05, 0.1) is 20.8 Å². The number of aryl methyl sites for hydroxylation is 1. The average molecular weight is 386 g/mol. The maximum atomic E-state index is 12.1. The van der Waals surface area contributed by atoms with Crippen LogP contribution in [-0.2, 0) is 11.2 Å². The second-order valence-corrected chi connectivity index (χ2v) is 5.91. The number of benzene rings is 1. The highest BCUT2D eigenvalue weighted by Crippen LogP contribution is 2.27. The number of methoxy groups -OCH3 is 2. The number of esters is 1. The van der Waals surface area contributed by atoms with E-state index in [1.54, 1.807) is 28.1 Å². The number of rotatable bonds is 8. The van der Waals surface area contributed by atoms with Crippen LogP contribution in [0.4, 0.5) is 5.82 Å². The number of nitrogens with zero attached hydrogens (tertiary/aromatic N) is 3. The Kier molecular flexibility index (Phi) is 5.93. The molecule has 0 radical (unpaired) electrons. The summed E-state index contributed by atoms with van der Waals surface area (Å²) in [6.45, 7) is 4.23. The second-order valence-electron chi connectivity index (χ2n) is 5.91. The summed E-state index contributed by atoms with van der Waals surface area (Å²) in [6, 6.07) is 5.63. The van der Waals surface area contributed by atoms with Gasteiger partial charge in [0.15, 0.2) is 0 Å². The van der Waals surface area contributed by atoms with Crippen molar-refractivity contribution in [2.75, 3.05) is 32.7 Å². The number of aromatic nitrogens is 3. The van der Waals surface area contributed by atoms with Crippen LogP contribution in [0.2, 0.25) is 0 Å². The first kappa shape index (κ1) is 19.4. The van der Waals surface area contributed by atoms with Crippen molar-refractivity contribution in [2.45, 2.75) is 20.3 Å². The largest absolute Gasteiger partial charge is 0.497 e. The number of ether oxygens (including phenoxy) is 3. The number of carbonyl (C=O) groups is 1. The number of hydrogen-bond acceptors (Lipinski definition) is 9. The van der Waals surface area contributed by atoms with E-state index in [1.165, 1.54) is 0 Å². The molecule has 3 aromatic rings. The molecular formula is C19H22N4O5. The minimum absolute atomic E-state index is 0.0540. The van der Waals surface area contributed by atoms with Gasteiger partial charge in [-0.3, -0.25) is 0 Å². The fourth-order valence-corrected chi connectivity index (χ4v) is 2.82. The molecule has 2 aromatic heterocycles. The maximum Gasteiger partial charge on any atom is 0.361 e. The van der Waals surface area contributed by atoms with Gasteiger partial charge in [-0.05, 0) is 44.0 Å². The summed E-state index contributed by atoms with van der Waals surface area (Å²) in [6.07, 6.45) is 0.644. The fourth-order valence-electron chi connectivity index (χ4n) is 2.82. The topological polar surface area (TPSA) is 109 Å². The molecule has 0 saturated carbocycles. The summed E-state index contributed by atoms with van der Waals surface area (Å²) in [7, 11) is 3.24. The Morgan fingerprint density at radius 2 is 2.04 bits per heavy atom. The molecule has 0 atom stereocenters. The van der Waals surface area contributed by atoms with Crippen LogP contribution >= 0.6 is 0 Å². The molecule has 2 heterocycles. The third kappa shape index (κ3) is 3.98. The zero-order chi connectivity index (χ0) is 20.1. The molecule has 0 amide bonds. The highest BCUT2D eigenvalue weighted by Gasteiger charge is 2.23. The normalized spacial score (nSPS) is 10.7. The van der Waals surface area contributed by atoms with Crippen molar-refractivity contribution in [1.29, 1.82) is 0 Å². The van der Waals surface area contributed by atoms with Crippen LogP contribution in [0.25, 0.3) is 11.1 Å². The number of carbonyl (C=O) groups excluding carboxylic acids is 1. The molecule has 148 valence electrons. The number of fused-ring (bicyclic) bond motifs is 1. The van der Waals surface area contributed by atoms with Gasteiger partial charge in [-0.15, -0.1) is 0 Å². The molecule has 1 aromatic carbocycles. The molecule has 0 bridgehead atoms. The van der Waals surface area contributed by atoms with Crippen LogP contribution in [0, 0.1) is 6.92 Å². The molecule has 1 N–H and O–H groups in total. The van der Waals surface area contributed by atoms with E-state index < -0.39 is 5.97 Å². The van der Waals surface area contributed by atoms with Gasteiger partial charge in [-0.2, -0.15) is 4.98 Å². The van der Waals surface area contributed by atoms with Crippen LogP contribution in [-0.4, -0.2) is 48.5 Å². The standard InChI is InChI=1S/C19H22N4O5/c1-5-27-19(24)16-15-17(21-11(2)22-18(15)28-23-16)20-9-8-12-10-13(25-3)6-7-14(12)26-4/h6-7,10H,5,8-9H2,1-4H3,(H,20,21,22). The molecule has 0 fully saturated rings. The molecule has 0 aliphatic heterocycles. The Morgan fingerprint density at radius 1 is 1.21 bits per heavy atom. The van der Waals surface area contributed by atoms with Gasteiger partial charge in [0.25, 0.3) is 5.71 Å². The SMILES string of the molecule is CCOC(=O)c1noc2nc(C)nc(NCCc3cc(OC)ccc3OC)c12. The van der Waals surface area contributed by atoms with E-state index in [2.05, 4.69) is 20.4 Å². The minimum Gasteiger partial charge on any atom is -0.497 e. The Hall–Kier alpha value is -3.36. The van der Waals surface area contributed by atoms with Gasteiger partial charge in [0.2, 0.25) is 5.69 Å². The van der Waals surface area contributed by atoms with Crippen molar-refractivity contribution in [3.05, 3.63) is 35.3 Å². The van der Waals surface area contributed by atoms with E-state index >= 15 is 0 Å². The predicted octanol–water partition coefficient (Wildman–Crippen LogP) is 2.77. The predicted molar refractivity (Wildman–Crippen MR) is 102 cm³/mol. The summed E-state index contributed by atoms with van der Waals surface area (Å²) >= 11 is 0. The van der Waals surface area contributed by atoms with Gasteiger partial charge in [-0.1, -0.05) is 5.16 Å². The lowest BCUT2D eigenvalue weighted by Gasteiger charge is -2.12. The molecule has 0 aliphatic rings. The first-order chi connectivity index (χ1) is 13.6. The lowest BCUT2D eigenvalue weighted by molar-refractivity contribution is 0.0517. The summed E-state index contributed by atoms with van der Waals surface area (Å²) < 4.78 is 20.9. The zero-order valence-corrected chi connectivity index (χ0v) is 16.2. The second kappa shape index (κ2) is 8.55. The zero-order valence-electron chi connectivity index (χ0n) is 16.2. The summed E-state index contributed by atoms with van der Waals surface area (Å²) in [4.78, 5) is 20.7. The first-order valence-corrected chi connectivity index (χ1v) is 8.83. The third-order valence-corrected chi connectivity index (χ3v) is 4.09. The van der Waals surface area contributed by atoms with Gasteiger partial charge >= 0.3 is 5.97 Å². The summed E-state index contributed by atoms with van der Waals surface area (Å²) in [5, 5.41) is 7.44. The lowest BCUT2D eigenvalue weighted by Crippen LogP contribution is -2.11.